The smallest absolute Gasteiger partial charge is 0.340 e. The van der Waals surface area contributed by atoms with E-state index in [1.807, 2.05) is 0 Å². The van der Waals surface area contributed by atoms with Crippen LogP contribution in [0.3, 0.4) is 0 Å². The predicted molar refractivity (Wildman–Crippen MR) is 60.5 cm³/mol. The zero-order chi connectivity index (χ0) is 12.5. The van der Waals surface area contributed by atoms with Gasteiger partial charge in [0, 0.05) is 0 Å². The third kappa shape index (κ3) is 2.42. The summed E-state index contributed by atoms with van der Waals surface area (Å²) in [5.74, 6) is 0.0398. The maximum atomic E-state index is 11.8. The molecule has 7 heteroatoms. The van der Waals surface area contributed by atoms with Crippen molar-refractivity contribution < 1.29 is 17.1 Å². The maximum absolute atomic E-state index is 11.8. The first kappa shape index (κ1) is 11.9. The second kappa shape index (κ2) is 4.38. The fourth-order valence-corrected chi connectivity index (χ4v) is 2.19. The van der Waals surface area contributed by atoms with Gasteiger partial charge in [-0.15, -0.1) is 0 Å². The van der Waals surface area contributed by atoms with Crippen molar-refractivity contribution in [3.05, 3.63) is 41.1 Å². The Kier molecular flexibility index (Phi) is 3.08. The van der Waals surface area contributed by atoms with Crippen LogP contribution in [-0.4, -0.2) is 13.6 Å². The molecule has 5 nitrogen and oxygen atoms in total. The minimum Gasteiger partial charge on any atom is -0.356 e. The van der Waals surface area contributed by atoms with Crippen molar-refractivity contribution in [3.63, 3.8) is 0 Å². The summed E-state index contributed by atoms with van der Waals surface area (Å²) in [6.07, 6.45) is 0. The lowest BCUT2D eigenvalue weighted by molar-refractivity contribution is 0.368. The van der Waals surface area contributed by atoms with Crippen LogP contribution in [0.15, 0.2) is 39.8 Å². The lowest BCUT2D eigenvalue weighted by Gasteiger charge is -2.03. The SMILES string of the molecule is Cc1onc(OS(=O)(=O)c2ccccc2)c1Cl. The molecule has 0 saturated carbocycles. The molecule has 0 radical (unpaired) electrons. The van der Waals surface area contributed by atoms with Gasteiger partial charge in [0.15, 0.2) is 5.76 Å². The third-order valence-electron chi connectivity index (χ3n) is 1.98. The molecule has 1 aromatic heterocycles. The molecule has 2 rings (SSSR count). The highest BCUT2D eigenvalue weighted by Crippen LogP contribution is 2.28. The van der Waals surface area contributed by atoms with Crippen LogP contribution < -0.4 is 4.18 Å². The minimum absolute atomic E-state index is 0.0247. The van der Waals surface area contributed by atoms with Crippen molar-refractivity contribution in [1.29, 1.82) is 0 Å². The number of nitrogens with zero attached hydrogens (tertiary/aromatic N) is 1. The number of hydrogen-bond acceptors (Lipinski definition) is 5. The Bertz CT molecular complexity index is 621. The Morgan fingerprint density at radius 2 is 1.94 bits per heavy atom. The van der Waals surface area contributed by atoms with E-state index in [1.165, 1.54) is 12.1 Å². The lowest BCUT2D eigenvalue weighted by Crippen LogP contribution is -2.09. The molecule has 0 aliphatic carbocycles. The Labute approximate surface area is 103 Å². The van der Waals surface area contributed by atoms with E-state index in [2.05, 4.69) is 5.16 Å². The number of rotatable bonds is 3. The van der Waals surface area contributed by atoms with E-state index >= 15 is 0 Å². The summed E-state index contributed by atoms with van der Waals surface area (Å²) in [7, 11) is -3.93. The topological polar surface area (TPSA) is 69.4 Å². The van der Waals surface area contributed by atoms with Crippen molar-refractivity contribution in [2.24, 2.45) is 0 Å². The summed E-state index contributed by atoms with van der Waals surface area (Å²) in [5.41, 5.74) is 0. The summed E-state index contributed by atoms with van der Waals surface area (Å²) in [4.78, 5) is 0.0247. The molecule has 0 spiro atoms. The average Bonchev–Trinajstić information content (AvgIpc) is 2.62. The van der Waals surface area contributed by atoms with Gasteiger partial charge in [-0.25, -0.2) is 0 Å². The van der Waals surface area contributed by atoms with Crippen molar-refractivity contribution in [1.82, 2.24) is 5.16 Å². The van der Waals surface area contributed by atoms with E-state index in [0.717, 1.165) is 0 Å². The number of aryl methyl sites for hydroxylation is 1. The monoisotopic (exact) mass is 273 g/mol. The fourth-order valence-electron chi connectivity index (χ4n) is 1.13. The maximum Gasteiger partial charge on any atom is 0.340 e. The van der Waals surface area contributed by atoms with Gasteiger partial charge in [0.2, 0.25) is 0 Å². The molecule has 0 bridgehead atoms. The van der Waals surface area contributed by atoms with E-state index < -0.39 is 10.1 Å². The zero-order valence-corrected chi connectivity index (χ0v) is 10.3. The summed E-state index contributed by atoms with van der Waals surface area (Å²) in [5, 5.41) is 3.46. The van der Waals surface area contributed by atoms with E-state index in [0.29, 0.717) is 5.76 Å². The number of benzene rings is 1. The van der Waals surface area contributed by atoms with Gasteiger partial charge in [-0.2, -0.15) is 8.42 Å². The predicted octanol–water partition coefficient (Wildman–Crippen LogP) is 2.40. The Morgan fingerprint density at radius 3 is 2.47 bits per heavy atom. The van der Waals surface area contributed by atoms with Gasteiger partial charge >= 0.3 is 10.1 Å². The first-order valence-electron chi connectivity index (χ1n) is 4.62. The van der Waals surface area contributed by atoms with Crippen LogP contribution in [0.2, 0.25) is 5.02 Å². The first-order valence-corrected chi connectivity index (χ1v) is 6.40. The number of hydrogen-bond donors (Lipinski definition) is 0. The van der Waals surface area contributed by atoms with Crippen molar-refractivity contribution >= 4 is 21.7 Å². The molecule has 0 saturated heterocycles. The number of halogens is 1. The van der Waals surface area contributed by atoms with E-state index in [9.17, 15) is 8.42 Å². The van der Waals surface area contributed by atoms with Crippen LogP contribution in [-0.2, 0) is 10.1 Å². The van der Waals surface area contributed by atoms with Gasteiger partial charge in [-0.1, -0.05) is 29.8 Å². The van der Waals surface area contributed by atoms with Crippen LogP contribution in [0, 0.1) is 6.92 Å². The second-order valence-corrected chi connectivity index (χ2v) is 5.13. The van der Waals surface area contributed by atoms with Crippen LogP contribution in [0.5, 0.6) is 5.88 Å². The van der Waals surface area contributed by atoms with Crippen LogP contribution in [0.25, 0.3) is 0 Å². The molecule has 1 heterocycles. The molecule has 0 N–H and O–H groups in total. The van der Waals surface area contributed by atoms with E-state index in [-0.39, 0.29) is 15.8 Å². The molecule has 1 aromatic carbocycles. The quantitative estimate of drug-likeness (QED) is 0.803. The van der Waals surface area contributed by atoms with E-state index in [1.54, 1.807) is 25.1 Å². The average molecular weight is 274 g/mol. The molecular formula is C10H8ClNO4S. The molecule has 0 aliphatic rings. The largest absolute Gasteiger partial charge is 0.356 e. The fraction of sp³-hybridized carbons (Fsp3) is 0.100. The Morgan fingerprint density at radius 1 is 1.29 bits per heavy atom. The molecule has 17 heavy (non-hydrogen) atoms. The van der Waals surface area contributed by atoms with Gasteiger partial charge in [-0.05, 0) is 24.2 Å². The third-order valence-corrected chi connectivity index (χ3v) is 3.64. The normalized spacial score (nSPS) is 11.4. The van der Waals surface area contributed by atoms with Crippen molar-refractivity contribution in [2.75, 3.05) is 0 Å². The second-order valence-electron chi connectivity index (χ2n) is 3.21. The molecule has 0 unspecified atom stereocenters. The lowest BCUT2D eigenvalue weighted by atomic mass is 10.4. The van der Waals surface area contributed by atoms with Gasteiger partial charge in [0.1, 0.15) is 9.92 Å². The molecule has 0 amide bonds. The van der Waals surface area contributed by atoms with Crippen LogP contribution in [0.1, 0.15) is 5.76 Å². The van der Waals surface area contributed by atoms with Crippen molar-refractivity contribution in [3.8, 4) is 5.88 Å². The molecule has 0 aliphatic heterocycles. The van der Waals surface area contributed by atoms with Gasteiger partial charge in [-0.3, -0.25) is 0 Å². The van der Waals surface area contributed by atoms with Gasteiger partial charge in [0.05, 0.1) is 0 Å². The minimum atomic E-state index is -3.93. The highest BCUT2D eigenvalue weighted by Gasteiger charge is 2.21. The molecule has 0 fully saturated rings. The highest BCUT2D eigenvalue weighted by atomic mass is 35.5. The number of aromatic nitrogens is 1. The summed E-state index contributed by atoms with van der Waals surface area (Å²) < 4.78 is 33.1. The summed E-state index contributed by atoms with van der Waals surface area (Å²) in [6.45, 7) is 1.55. The summed E-state index contributed by atoms with van der Waals surface area (Å²) >= 11 is 5.76. The molecule has 2 aromatic rings. The van der Waals surface area contributed by atoms with Gasteiger partial charge < -0.3 is 8.71 Å². The Balaban J connectivity index is 2.34. The van der Waals surface area contributed by atoms with Crippen LogP contribution in [0.4, 0.5) is 0 Å². The molecular weight excluding hydrogens is 266 g/mol. The molecule has 0 atom stereocenters. The van der Waals surface area contributed by atoms with Crippen LogP contribution >= 0.6 is 11.6 Å². The van der Waals surface area contributed by atoms with E-state index in [4.69, 9.17) is 20.3 Å². The Hall–Kier alpha value is -1.53. The van der Waals surface area contributed by atoms with Gasteiger partial charge in [0.25, 0.3) is 5.88 Å². The zero-order valence-electron chi connectivity index (χ0n) is 8.75. The highest BCUT2D eigenvalue weighted by molar-refractivity contribution is 7.87. The molecule has 90 valence electrons. The summed E-state index contributed by atoms with van der Waals surface area (Å²) in [6, 6.07) is 7.70. The standard InChI is InChI=1S/C10H8ClNO4S/c1-7-9(11)10(12-15-7)16-17(13,14)8-5-3-2-4-6-8/h2-6H,1H3. The van der Waals surface area contributed by atoms with Crippen molar-refractivity contribution in [2.45, 2.75) is 11.8 Å². The first-order chi connectivity index (χ1) is 8.00.